The van der Waals surface area contributed by atoms with Gasteiger partial charge in [0.2, 0.25) is 0 Å². The molecule has 0 saturated heterocycles. The van der Waals surface area contributed by atoms with Crippen molar-refractivity contribution in [1.82, 2.24) is 15.0 Å². The van der Waals surface area contributed by atoms with Gasteiger partial charge in [-0.1, -0.05) is 190 Å². The van der Waals surface area contributed by atoms with E-state index < -0.39 is 0 Å². The molecule has 0 radical (unpaired) electrons. The Hall–Kier alpha value is -6.97. The van der Waals surface area contributed by atoms with Crippen molar-refractivity contribution in [3.63, 3.8) is 0 Å². The lowest BCUT2D eigenvalue weighted by Crippen LogP contribution is -2.28. The van der Waals surface area contributed by atoms with Gasteiger partial charge in [0.05, 0.1) is 11.4 Å². The largest absolute Gasteiger partial charge is 0.264 e. The molecule has 0 N–H and O–H groups in total. The minimum absolute atomic E-state index is 0.376. The summed E-state index contributed by atoms with van der Waals surface area (Å²) >= 11 is 0. The standard InChI is InChI=1S/C56H47N3/c1-40-17-13-26-48(35-40)55-58-52(44-32-30-43(31-33-44)42-20-9-3-4-10-21-42)37-53(59-55)47-25-14-24-46(36-47)50-28-15-29-51(54(50)45-22-11-6-12-23-45)56(2,49-27-16-34-57-39-49)38-41-18-7-5-8-19-41/h3-16,18-20,22-37,39-40H,17,21,38H2,1-2H3/t40-,56?/m0/s1. The van der Waals surface area contributed by atoms with Crippen LogP contribution in [0.25, 0.3) is 55.9 Å². The maximum absolute atomic E-state index is 5.29. The van der Waals surface area contributed by atoms with E-state index >= 15 is 0 Å². The van der Waals surface area contributed by atoms with Gasteiger partial charge in [0.15, 0.2) is 5.82 Å². The molecule has 59 heavy (non-hydrogen) atoms. The van der Waals surface area contributed by atoms with Gasteiger partial charge in [-0.05, 0) is 93.5 Å². The van der Waals surface area contributed by atoms with Gasteiger partial charge in [-0.15, -0.1) is 0 Å². The molecule has 2 aromatic heterocycles. The maximum Gasteiger partial charge on any atom is 0.160 e. The van der Waals surface area contributed by atoms with Gasteiger partial charge in [-0.3, -0.25) is 4.98 Å². The van der Waals surface area contributed by atoms with Crippen LogP contribution < -0.4 is 0 Å². The van der Waals surface area contributed by atoms with Crippen LogP contribution in [-0.2, 0) is 11.8 Å². The number of hydrogen-bond donors (Lipinski definition) is 0. The van der Waals surface area contributed by atoms with Crippen LogP contribution in [0.2, 0.25) is 0 Å². The molecule has 2 atom stereocenters. The molecule has 7 aromatic rings. The highest BCUT2D eigenvalue weighted by atomic mass is 14.9. The second kappa shape index (κ2) is 16.9. The second-order valence-electron chi connectivity index (χ2n) is 15.9. The molecule has 3 heteroatoms. The maximum atomic E-state index is 5.29. The summed E-state index contributed by atoms with van der Waals surface area (Å²) in [6, 6.07) is 52.6. The van der Waals surface area contributed by atoms with Crippen LogP contribution in [-0.4, -0.2) is 15.0 Å². The number of benzene rings is 5. The number of hydrogen-bond acceptors (Lipinski definition) is 3. The lowest BCUT2D eigenvalue weighted by atomic mass is 9.69. The molecular weight excluding hydrogens is 715 g/mol. The third-order valence-electron chi connectivity index (χ3n) is 11.7. The third kappa shape index (κ3) is 8.10. The molecule has 5 aromatic carbocycles. The van der Waals surface area contributed by atoms with E-state index in [4.69, 9.17) is 9.97 Å². The predicted molar refractivity (Wildman–Crippen MR) is 246 cm³/mol. The van der Waals surface area contributed by atoms with E-state index in [1.54, 1.807) is 0 Å². The third-order valence-corrected chi connectivity index (χ3v) is 11.7. The van der Waals surface area contributed by atoms with E-state index in [0.29, 0.717) is 5.92 Å². The first kappa shape index (κ1) is 37.6. The first-order valence-electron chi connectivity index (χ1n) is 20.7. The molecule has 2 aliphatic carbocycles. The smallest absolute Gasteiger partial charge is 0.160 e. The highest BCUT2D eigenvalue weighted by molar-refractivity contribution is 5.89. The highest BCUT2D eigenvalue weighted by Gasteiger charge is 2.33. The van der Waals surface area contributed by atoms with Gasteiger partial charge < -0.3 is 0 Å². The topological polar surface area (TPSA) is 38.7 Å². The van der Waals surface area contributed by atoms with Crippen LogP contribution in [0, 0.1) is 5.92 Å². The van der Waals surface area contributed by atoms with E-state index in [2.05, 4.69) is 213 Å². The molecule has 9 rings (SSSR count). The Bertz CT molecular complexity index is 2740. The van der Waals surface area contributed by atoms with Crippen LogP contribution in [0.15, 0.2) is 207 Å². The fourth-order valence-electron chi connectivity index (χ4n) is 8.57. The molecule has 0 saturated carbocycles. The van der Waals surface area contributed by atoms with Crippen molar-refractivity contribution in [3.8, 4) is 44.8 Å². The Kier molecular flexibility index (Phi) is 10.7. The average molecular weight is 762 g/mol. The van der Waals surface area contributed by atoms with Gasteiger partial charge >= 0.3 is 0 Å². The number of pyridine rings is 1. The summed E-state index contributed by atoms with van der Waals surface area (Å²) < 4.78 is 0. The van der Waals surface area contributed by atoms with Crippen molar-refractivity contribution in [2.24, 2.45) is 5.92 Å². The van der Waals surface area contributed by atoms with Crippen molar-refractivity contribution in [3.05, 3.63) is 235 Å². The zero-order valence-corrected chi connectivity index (χ0v) is 33.7. The zero-order chi connectivity index (χ0) is 40.0. The lowest BCUT2D eigenvalue weighted by molar-refractivity contribution is 0.566. The van der Waals surface area contributed by atoms with Crippen LogP contribution in [0.5, 0.6) is 0 Å². The quantitative estimate of drug-likeness (QED) is 0.139. The molecule has 3 nitrogen and oxygen atoms in total. The van der Waals surface area contributed by atoms with Crippen LogP contribution in [0.4, 0.5) is 0 Å². The van der Waals surface area contributed by atoms with Gasteiger partial charge in [0, 0.05) is 34.5 Å². The monoisotopic (exact) mass is 761 g/mol. The molecule has 0 fully saturated rings. The molecule has 1 unspecified atom stereocenters. The van der Waals surface area contributed by atoms with Crippen molar-refractivity contribution in [2.75, 3.05) is 0 Å². The van der Waals surface area contributed by atoms with Gasteiger partial charge in [-0.25, -0.2) is 9.97 Å². The molecule has 286 valence electrons. The van der Waals surface area contributed by atoms with Crippen LogP contribution in [0.1, 0.15) is 54.8 Å². The van der Waals surface area contributed by atoms with Crippen molar-refractivity contribution in [2.45, 2.75) is 38.5 Å². The Labute approximate surface area is 348 Å². The van der Waals surface area contributed by atoms with E-state index in [-0.39, 0.29) is 5.41 Å². The summed E-state index contributed by atoms with van der Waals surface area (Å²) in [6.07, 6.45) is 24.1. The van der Waals surface area contributed by atoms with Crippen molar-refractivity contribution < 1.29 is 0 Å². The average Bonchev–Trinajstić information content (AvgIpc) is 3.60. The highest BCUT2D eigenvalue weighted by Crippen LogP contribution is 2.45. The molecule has 0 amide bonds. The fraction of sp³-hybridized carbons (Fsp3) is 0.125. The predicted octanol–water partition coefficient (Wildman–Crippen LogP) is 14.0. The summed E-state index contributed by atoms with van der Waals surface area (Å²) in [4.78, 5) is 15.1. The minimum atomic E-state index is -0.376. The number of aromatic nitrogens is 3. The molecule has 2 aliphatic rings. The first-order valence-corrected chi connectivity index (χ1v) is 20.7. The molecular formula is C56H47N3. The minimum Gasteiger partial charge on any atom is -0.264 e. The first-order chi connectivity index (χ1) is 29.0. The molecule has 0 spiro atoms. The van der Waals surface area contributed by atoms with Crippen LogP contribution >= 0.6 is 0 Å². The fourth-order valence-corrected chi connectivity index (χ4v) is 8.57. The number of rotatable bonds is 10. The summed E-state index contributed by atoms with van der Waals surface area (Å²) in [7, 11) is 0. The van der Waals surface area contributed by atoms with Gasteiger partial charge in [0.25, 0.3) is 0 Å². The normalized spacial score (nSPS) is 15.9. The van der Waals surface area contributed by atoms with E-state index in [0.717, 1.165) is 58.7 Å². The summed E-state index contributed by atoms with van der Waals surface area (Å²) in [6.45, 7) is 4.62. The van der Waals surface area contributed by atoms with Gasteiger partial charge in [0.1, 0.15) is 0 Å². The Balaban J connectivity index is 1.18. The number of allylic oxidation sites excluding steroid dienone is 10. The van der Waals surface area contributed by atoms with Crippen molar-refractivity contribution >= 4 is 11.1 Å². The molecule has 0 bridgehead atoms. The SMILES string of the molecule is C[C@@H]1C=C(c2nc(-c3ccc(C4=CC=CC=CC4)cc3)cc(-c3cccc(-c4cccc(C(C)(Cc5ccccc5)c5cccnc5)c4-c4ccccc4)c3)n2)C=CC1. The summed E-state index contributed by atoms with van der Waals surface area (Å²) in [5, 5.41) is 0. The zero-order valence-electron chi connectivity index (χ0n) is 33.7. The van der Waals surface area contributed by atoms with Gasteiger partial charge in [-0.2, -0.15) is 0 Å². The second-order valence-corrected chi connectivity index (χ2v) is 15.9. The van der Waals surface area contributed by atoms with Crippen LogP contribution in [0.3, 0.4) is 0 Å². The number of nitrogens with zero attached hydrogens (tertiary/aromatic N) is 3. The molecule has 2 heterocycles. The van der Waals surface area contributed by atoms with Crippen molar-refractivity contribution in [1.29, 1.82) is 0 Å². The molecule has 0 aliphatic heterocycles. The van der Waals surface area contributed by atoms with E-state index in [1.807, 2.05) is 12.4 Å². The summed E-state index contributed by atoms with van der Waals surface area (Å²) in [5.74, 6) is 1.17. The van der Waals surface area contributed by atoms with E-state index in [1.165, 1.54) is 44.5 Å². The Morgan fingerprint density at radius 1 is 0.627 bits per heavy atom. The van der Waals surface area contributed by atoms with E-state index in [9.17, 15) is 0 Å². The Morgan fingerprint density at radius 2 is 1.36 bits per heavy atom. The summed E-state index contributed by atoms with van der Waals surface area (Å²) in [5.41, 5.74) is 15.5. The lowest BCUT2D eigenvalue weighted by Gasteiger charge is -2.34. The Morgan fingerprint density at radius 3 is 2.14 bits per heavy atom.